The second-order valence-electron chi connectivity index (χ2n) is 5.57. The smallest absolute Gasteiger partial charge is 0.275 e. The van der Waals surface area contributed by atoms with Gasteiger partial charge in [-0.1, -0.05) is 5.46 Å². The summed E-state index contributed by atoms with van der Waals surface area (Å²) in [4.78, 5) is 20.2. The van der Waals surface area contributed by atoms with Gasteiger partial charge in [-0.05, 0) is 23.9 Å². The summed E-state index contributed by atoms with van der Waals surface area (Å²) in [6.07, 6.45) is 4.12. The van der Waals surface area contributed by atoms with E-state index in [1.807, 2.05) is 4.90 Å². The largest absolute Gasteiger partial charge is 0.330 e. The molecule has 5 nitrogen and oxygen atoms in total. The molecule has 1 aliphatic heterocycles. The van der Waals surface area contributed by atoms with Crippen LogP contribution >= 0.6 is 11.3 Å². The van der Waals surface area contributed by atoms with E-state index >= 15 is 0 Å². The zero-order chi connectivity index (χ0) is 15.3. The molecule has 1 aliphatic rings. The molecule has 0 bridgehead atoms. The van der Waals surface area contributed by atoms with E-state index in [1.165, 1.54) is 10.4 Å². The number of nitrogens with zero attached hydrogens (tertiary/aromatic N) is 4. The molecule has 108 valence electrons. The quantitative estimate of drug-likeness (QED) is 0.634. The molecule has 0 spiro atoms. The fraction of sp³-hybridized carbons (Fsp3) is 0.267. The van der Waals surface area contributed by atoms with Crippen molar-refractivity contribution in [2.24, 2.45) is 0 Å². The highest BCUT2D eigenvalue weighted by molar-refractivity contribution is 7.10. The van der Waals surface area contributed by atoms with Crippen molar-refractivity contribution >= 4 is 36.2 Å². The van der Waals surface area contributed by atoms with Crippen molar-refractivity contribution in [3.63, 3.8) is 0 Å². The average Bonchev–Trinajstić information content (AvgIpc) is 3.10. The lowest BCUT2D eigenvalue weighted by atomic mass is 10.0. The molecule has 1 unspecified atom stereocenters. The molecule has 0 saturated carbocycles. The Morgan fingerprint density at radius 2 is 2.36 bits per heavy atom. The van der Waals surface area contributed by atoms with E-state index in [1.54, 1.807) is 34.3 Å². The number of carbonyl (C=O) groups is 1. The van der Waals surface area contributed by atoms with Gasteiger partial charge in [-0.15, -0.1) is 11.3 Å². The highest BCUT2D eigenvalue weighted by Gasteiger charge is 2.29. The maximum absolute atomic E-state index is 12.8. The van der Waals surface area contributed by atoms with E-state index in [-0.39, 0.29) is 11.9 Å². The third-order valence-corrected chi connectivity index (χ3v) is 4.99. The maximum atomic E-state index is 12.8. The molecule has 0 N–H and O–H groups in total. The highest BCUT2D eigenvalue weighted by atomic mass is 32.1. The van der Waals surface area contributed by atoms with Gasteiger partial charge in [0.1, 0.15) is 7.85 Å². The summed E-state index contributed by atoms with van der Waals surface area (Å²) in [6, 6.07) is 3.97. The van der Waals surface area contributed by atoms with Crippen LogP contribution in [-0.4, -0.2) is 39.3 Å². The molecule has 0 saturated heterocycles. The molecule has 0 aromatic carbocycles. The minimum Gasteiger partial charge on any atom is -0.330 e. The van der Waals surface area contributed by atoms with Gasteiger partial charge in [-0.25, -0.2) is 9.50 Å². The Labute approximate surface area is 133 Å². The van der Waals surface area contributed by atoms with Gasteiger partial charge in [-0.3, -0.25) is 4.79 Å². The standard InChI is InChI=1S/C15H13BN4OS/c1-9-4-13-10(2-3-22-13)7-19(9)15(21)12-5-14-17-6-11(16)8-20(14)18-12/h2-3,5-6,8-9H,4,7H2,1H3. The first-order chi connectivity index (χ1) is 10.6. The molecule has 4 rings (SSSR count). The van der Waals surface area contributed by atoms with Crippen LogP contribution in [0, 0.1) is 0 Å². The van der Waals surface area contributed by atoms with Crippen molar-refractivity contribution < 1.29 is 4.79 Å². The van der Waals surface area contributed by atoms with E-state index in [9.17, 15) is 4.79 Å². The van der Waals surface area contributed by atoms with E-state index in [2.05, 4.69) is 28.5 Å². The van der Waals surface area contributed by atoms with Crippen molar-refractivity contribution in [3.8, 4) is 0 Å². The van der Waals surface area contributed by atoms with Crippen molar-refractivity contribution in [1.82, 2.24) is 19.5 Å². The second-order valence-corrected chi connectivity index (χ2v) is 6.58. The van der Waals surface area contributed by atoms with Crippen molar-refractivity contribution in [2.45, 2.75) is 25.9 Å². The van der Waals surface area contributed by atoms with Crippen LogP contribution in [0.2, 0.25) is 0 Å². The van der Waals surface area contributed by atoms with E-state index in [4.69, 9.17) is 7.85 Å². The fourth-order valence-corrected chi connectivity index (χ4v) is 3.84. The second kappa shape index (κ2) is 4.95. The van der Waals surface area contributed by atoms with Crippen LogP contribution in [0.1, 0.15) is 27.9 Å². The molecular weight excluding hydrogens is 295 g/mol. The van der Waals surface area contributed by atoms with Crippen LogP contribution in [0.4, 0.5) is 0 Å². The van der Waals surface area contributed by atoms with Crippen LogP contribution in [0.5, 0.6) is 0 Å². The minimum atomic E-state index is -0.0616. The van der Waals surface area contributed by atoms with E-state index in [0.29, 0.717) is 23.3 Å². The van der Waals surface area contributed by atoms with Crippen LogP contribution in [-0.2, 0) is 13.0 Å². The summed E-state index contributed by atoms with van der Waals surface area (Å²) in [7, 11) is 5.70. The summed E-state index contributed by atoms with van der Waals surface area (Å²) in [5, 5.41) is 6.40. The topological polar surface area (TPSA) is 50.5 Å². The molecule has 0 fully saturated rings. The molecular formula is C15H13BN4OS. The Morgan fingerprint density at radius 3 is 3.23 bits per heavy atom. The van der Waals surface area contributed by atoms with Gasteiger partial charge in [-0.2, -0.15) is 5.10 Å². The number of hydrogen-bond donors (Lipinski definition) is 0. The average molecular weight is 308 g/mol. The Kier molecular flexibility index (Phi) is 3.04. The Hall–Kier alpha value is -2.15. The first kappa shape index (κ1) is 13.5. The van der Waals surface area contributed by atoms with Crippen molar-refractivity contribution in [3.05, 3.63) is 46.0 Å². The number of rotatable bonds is 1. The first-order valence-corrected chi connectivity index (χ1v) is 7.97. The molecule has 0 aliphatic carbocycles. The monoisotopic (exact) mass is 308 g/mol. The van der Waals surface area contributed by atoms with Crippen molar-refractivity contribution in [2.75, 3.05) is 0 Å². The van der Waals surface area contributed by atoms with Crippen LogP contribution in [0.15, 0.2) is 29.9 Å². The third kappa shape index (κ3) is 2.13. The molecule has 1 amide bonds. The van der Waals surface area contributed by atoms with Gasteiger partial charge < -0.3 is 4.90 Å². The van der Waals surface area contributed by atoms with Crippen LogP contribution in [0.25, 0.3) is 5.65 Å². The van der Waals surface area contributed by atoms with E-state index in [0.717, 1.165) is 6.42 Å². The number of thiophene rings is 1. The van der Waals surface area contributed by atoms with Gasteiger partial charge in [0.25, 0.3) is 5.91 Å². The normalized spacial score (nSPS) is 17.7. The summed E-state index contributed by atoms with van der Waals surface area (Å²) in [6.45, 7) is 2.72. The SMILES string of the molecule is [B]c1cnc2cc(C(=O)N3Cc4ccsc4CC3C)nn2c1. The Morgan fingerprint density at radius 1 is 1.50 bits per heavy atom. The number of hydrogen-bond acceptors (Lipinski definition) is 4. The lowest BCUT2D eigenvalue weighted by Crippen LogP contribution is -2.42. The van der Waals surface area contributed by atoms with E-state index < -0.39 is 0 Å². The number of aromatic nitrogens is 3. The number of fused-ring (bicyclic) bond motifs is 2. The molecule has 2 radical (unpaired) electrons. The lowest BCUT2D eigenvalue weighted by Gasteiger charge is -2.32. The summed E-state index contributed by atoms with van der Waals surface area (Å²) in [5.41, 5.74) is 2.79. The zero-order valence-corrected chi connectivity index (χ0v) is 12.9. The van der Waals surface area contributed by atoms with Gasteiger partial charge in [0.15, 0.2) is 11.3 Å². The molecule has 3 aromatic heterocycles. The summed E-state index contributed by atoms with van der Waals surface area (Å²) >= 11 is 1.76. The molecule has 22 heavy (non-hydrogen) atoms. The molecule has 1 atom stereocenters. The summed E-state index contributed by atoms with van der Waals surface area (Å²) < 4.78 is 1.55. The van der Waals surface area contributed by atoms with Crippen LogP contribution < -0.4 is 5.46 Å². The molecule has 4 heterocycles. The maximum Gasteiger partial charge on any atom is 0.275 e. The fourth-order valence-electron chi connectivity index (χ4n) is 2.82. The number of carbonyl (C=O) groups excluding carboxylic acids is 1. The van der Waals surface area contributed by atoms with Gasteiger partial charge in [0, 0.05) is 42.3 Å². The first-order valence-electron chi connectivity index (χ1n) is 7.09. The van der Waals surface area contributed by atoms with Crippen molar-refractivity contribution in [1.29, 1.82) is 0 Å². The van der Waals surface area contributed by atoms with Gasteiger partial charge >= 0.3 is 0 Å². The summed E-state index contributed by atoms with van der Waals surface area (Å²) in [5.74, 6) is -0.0616. The zero-order valence-electron chi connectivity index (χ0n) is 12.1. The predicted molar refractivity (Wildman–Crippen MR) is 85.7 cm³/mol. The highest BCUT2D eigenvalue weighted by Crippen LogP contribution is 2.28. The van der Waals surface area contributed by atoms with Crippen LogP contribution in [0.3, 0.4) is 0 Å². The van der Waals surface area contributed by atoms with Gasteiger partial charge in [0.05, 0.1) is 0 Å². The minimum absolute atomic E-state index is 0.0616. The number of amides is 1. The lowest BCUT2D eigenvalue weighted by molar-refractivity contribution is 0.0653. The Balaban J connectivity index is 1.68. The van der Waals surface area contributed by atoms with Gasteiger partial charge in [0.2, 0.25) is 0 Å². The predicted octanol–water partition coefficient (Wildman–Crippen LogP) is 1.17. The molecule has 3 aromatic rings. The Bertz CT molecular complexity index is 871. The molecule has 7 heteroatoms. The third-order valence-electron chi connectivity index (χ3n) is 4.00.